The molecule has 1 aromatic carbocycles. The Labute approximate surface area is 97.7 Å². The van der Waals surface area contributed by atoms with Crippen LogP contribution in [0.15, 0.2) is 29.4 Å². The van der Waals surface area contributed by atoms with Crippen LogP contribution in [0.3, 0.4) is 0 Å². The third kappa shape index (κ3) is 2.10. The highest BCUT2D eigenvalue weighted by atomic mass is 16.5. The van der Waals surface area contributed by atoms with Crippen molar-refractivity contribution in [3.63, 3.8) is 0 Å². The Hall–Kier alpha value is -2.37. The van der Waals surface area contributed by atoms with E-state index in [0.29, 0.717) is 11.4 Å². The Kier molecular flexibility index (Phi) is 2.78. The molecule has 1 aromatic rings. The van der Waals surface area contributed by atoms with Gasteiger partial charge in [0.2, 0.25) is 0 Å². The van der Waals surface area contributed by atoms with Gasteiger partial charge in [-0.15, -0.1) is 0 Å². The van der Waals surface area contributed by atoms with Crippen LogP contribution >= 0.6 is 0 Å². The summed E-state index contributed by atoms with van der Waals surface area (Å²) in [6.45, 7) is 0. The van der Waals surface area contributed by atoms with Gasteiger partial charge in [0.1, 0.15) is 0 Å². The Morgan fingerprint density at radius 3 is 2.94 bits per heavy atom. The van der Waals surface area contributed by atoms with Crippen molar-refractivity contribution in [2.75, 3.05) is 17.9 Å². The normalized spacial score (nSPS) is 14.8. The monoisotopic (exact) mass is 233 g/mol. The summed E-state index contributed by atoms with van der Waals surface area (Å²) in [5.41, 5.74) is 6.77. The van der Waals surface area contributed by atoms with Gasteiger partial charge < -0.3 is 10.5 Å². The van der Waals surface area contributed by atoms with Crippen LogP contribution in [0.5, 0.6) is 0 Å². The molecule has 0 atom stereocenters. The zero-order valence-electron chi connectivity index (χ0n) is 9.21. The summed E-state index contributed by atoms with van der Waals surface area (Å²) in [5, 5.41) is 5.08. The second kappa shape index (κ2) is 4.25. The molecular weight excluding hydrogens is 222 g/mol. The molecule has 0 radical (unpaired) electrons. The first-order valence-corrected chi connectivity index (χ1v) is 4.96. The van der Waals surface area contributed by atoms with Crippen LogP contribution in [0.4, 0.5) is 11.4 Å². The summed E-state index contributed by atoms with van der Waals surface area (Å²) < 4.78 is 4.52. The summed E-state index contributed by atoms with van der Waals surface area (Å²) in [6.07, 6.45) is -0.0541. The van der Waals surface area contributed by atoms with Crippen molar-refractivity contribution in [2.24, 2.45) is 5.10 Å². The lowest BCUT2D eigenvalue weighted by Crippen LogP contribution is -2.19. The lowest BCUT2D eigenvalue weighted by molar-refractivity contribution is -0.133. The van der Waals surface area contributed by atoms with E-state index in [2.05, 4.69) is 9.84 Å². The van der Waals surface area contributed by atoms with Crippen LogP contribution in [-0.2, 0) is 14.3 Å². The van der Waals surface area contributed by atoms with E-state index < -0.39 is 5.97 Å². The fourth-order valence-corrected chi connectivity index (χ4v) is 1.52. The third-order valence-electron chi connectivity index (χ3n) is 2.31. The van der Waals surface area contributed by atoms with Crippen molar-refractivity contribution in [3.8, 4) is 0 Å². The molecule has 0 saturated heterocycles. The highest BCUT2D eigenvalue weighted by molar-refractivity contribution is 6.42. The summed E-state index contributed by atoms with van der Waals surface area (Å²) >= 11 is 0. The summed E-state index contributed by atoms with van der Waals surface area (Å²) in [5.74, 6) is -0.874. The van der Waals surface area contributed by atoms with E-state index in [1.54, 1.807) is 24.3 Å². The van der Waals surface area contributed by atoms with E-state index in [1.807, 2.05) is 0 Å². The van der Waals surface area contributed by atoms with Crippen molar-refractivity contribution >= 4 is 29.0 Å². The molecule has 2 N–H and O–H groups in total. The van der Waals surface area contributed by atoms with E-state index in [9.17, 15) is 9.59 Å². The molecule has 1 aliphatic heterocycles. The van der Waals surface area contributed by atoms with Crippen molar-refractivity contribution in [1.29, 1.82) is 0 Å². The number of amides is 1. The van der Waals surface area contributed by atoms with E-state index in [1.165, 1.54) is 7.11 Å². The minimum atomic E-state index is -0.593. The Morgan fingerprint density at radius 1 is 1.53 bits per heavy atom. The highest BCUT2D eigenvalue weighted by Gasteiger charge is 2.29. The molecule has 0 unspecified atom stereocenters. The summed E-state index contributed by atoms with van der Waals surface area (Å²) in [4.78, 5) is 22.9. The van der Waals surface area contributed by atoms with Crippen LogP contribution in [0.2, 0.25) is 0 Å². The van der Waals surface area contributed by atoms with Gasteiger partial charge in [0.25, 0.3) is 5.91 Å². The van der Waals surface area contributed by atoms with Crippen LogP contribution in [0.1, 0.15) is 6.42 Å². The van der Waals surface area contributed by atoms with Gasteiger partial charge in [-0.1, -0.05) is 6.07 Å². The molecule has 1 heterocycles. The molecule has 0 bridgehead atoms. The molecule has 17 heavy (non-hydrogen) atoms. The number of nitrogens with zero attached hydrogens (tertiary/aromatic N) is 2. The average molecular weight is 233 g/mol. The quantitative estimate of drug-likeness (QED) is 0.596. The Morgan fingerprint density at radius 2 is 2.29 bits per heavy atom. The maximum Gasteiger partial charge on any atom is 0.354 e. The standard InChI is InChI=1S/C11H11N3O3/c1-17-11(16)9-6-10(15)14(13-9)8-4-2-3-7(12)5-8/h2-5H,6,12H2,1H3. The molecule has 1 aliphatic rings. The maximum absolute atomic E-state index is 11.7. The molecule has 0 aromatic heterocycles. The van der Waals surface area contributed by atoms with Crippen molar-refractivity contribution in [3.05, 3.63) is 24.3 Å². The first kappa shape index (κ1) is 11.1. The first-order chi connectivity index (χ1) is 8.11. The number of nitrogen functional groups attached to an aromatic ring is 1. The number of carbonyl (C=O) groups excluding carboxylic acids is 2. The molecule has 2 rings (SSSR count). The molecule has 88 valence electrons. The zero-order chi connectivity index (χ0) is 12.4. The lowest BCUT2D eigenvalue weighted by Gasteiger charge is -2.11. The second-order valence-corrected chi connectivity index (χ2v) is 3.52. The van der Waals surface area contributed by atoms with Gasteiger partial charge in [-0.3, -0.25) is 4.79 Å². The molecule has 6 nitrogen and oxygen atoms in total. The third-order valence-corrected chi connectivity index (χ3v) is 2.31. The number of nitrogens with two attached hydrogens (primary N) is 1. The fraction of sp³-hybridized carbons (Fsp3) is 0.182. The van der Waals surface area contributed by atoms with E-state index in [4.69, 9.17) is 5.73 Å². The number of carbonyl (C=O) groups is 2. The highest BCUT2D eigenvalue weighted by Crippen LogP contribution is 2.22. The SMILES string of the molecule is COC(=O)C1=NN(c2cccc(N)c2)C(=O)C1. The van der Waals surface area contributed by atoms with Gasteiger partial charge >= 0.3 is 5.97 Å². The van der Waals surface area contributed by atoms with Crippen molar-refractivity contribution in [1.82, 2.24) is 0 Å². The van der Waals surface area contributed by atoms with Crippen LogP contribution in [-0.4, -0.2) is 24.7 Å². The molecule has 0 fully saturated rings. The predicted octanol–water partition coefficient (Wildman–Crippen LogP) is 0.534. The number of rotatable bonds is 2. The van der Waals surface area contributed by atoms with E-state index in [0.717, 1.165) is 5.01 Å². The van der Waals surface area contributed by atoms with Crippen molar-refractivity contribution < 1.29 is 14.3 Å². The number of benzene rings is 1. The molecule has 6 heteroatoms. The number of hydrazone groups is 1. The van der Waals surface area contributed by atoms with Crippen LogP contribution < -0.4 is 10.7 Å². The van der Waals surface area contributed by atoms with Gasteiger partial charge in [0.05, 0.1) is 19.2 Å². The summed E-state index contributed by atoms with van der Waals surface area (Å²) in [6, 6.07) is 6.72. The molecule has 0 saturated carbocycles. The van der Waals surface area contributed by atoms with Gasteiger partial charge in [0, 0.05) is 5.69 Å². The number of ether oxygens (including phenoxy) is 1. The fourth-order valence-electron chi connectivity index (χ4n) is 1.52. The van der Waals surface area contributed by atoms with Crippen LogP contribution in [0.25, 0.3) is 0 Å². The van der Waals surface area contributed by atoms with E-state index >= 15 is 0 Å². The van der Waals surface area contributed by atoms with Crippen LogP contribution in [0, 0.1) is 0 Å². The minimum absolute atomic E-state index is 0.0541. The zero-order valence-corrected chi connectivity index (χ0v) is 9.21. The average Bonchev–Trinajstić information content (AvgIpc) is 2.70. The van der Waals surface area contributed by atoms with Gasteiger partial charge in [-0.2, -0.15) is 10.1 Å². The Bertz CT molecular complexity index is 510. The molecular formula is C11H11N3O3. The van der Waals surface area contributed by atoms with Gasteiger partial charge in [0.15, 0.2) is 5.71 Å². The summed E-state index contributed by atoms with van der Waals surface area (Å²) in [7, 11) is 1.25. The first-order valence-electron chi connectivity index (χ1n) is 4.96. The second-order valence-electron chi connectivity index (χ2n) is 3.52. The number of esters is 1. The van der Waals surface area contributed by atoms with Crippen molar-refractivity contribution in [2.45, 2.75) is 6.42 Å². The topological polar surface area (TPSA) is 85.0 Å². The Balaban J connectivity index is 2.31. The predicted molar refractivity (Wildman–Crippen MR) is 62.4 cm³/mol. The molecule has 0 aliphatic carbocycles. The van der Waals surface area contributed by atoms with E-state index in [-0.39, 0.29) is 18.0 Å². The number of hydrogen-bond donors (Lipinski definition) is 1. The largest absolute Gasteiger partial charge is 0.464 e. The number of anilines is 2. The lowest BCUT2D eigenvalue weighted by atomic mass is 10.2. The minimum Gasteiger partial charge on any atom is -0.464 e. The van der Waals surface area contributed by atoms with Gasteiger partial charge in [-0.05, 0) is 18.2 Å². The number of hydrogen-bond acceptors (Lipinski definition) is 5. The molecule has 0 spiro atoms. The smallest absolute Gasteiger partial charge is 0.354 e. The number of methoxy groups -OCH3 is 1. The molecule has 1 amide bonds. The van der Waals surface area contributed by atoms with Gasteiger partial charge in [-0.25, -0.2) is 4.79 Å². The maximum atomic E-state index is 11.7.